The minimum atomic E-state index is 0.123. The van der Waals surface area contributed by atoms with E-state index in [9.17, 15) is 4.79 Å². The molecule has 4 nitrogen and oxygen atoms in total. The Morgan fingerprint density at radius 3 is 2.81 bits per heavy atom. The SMILES string of the molecule is CN1CCC2(CC1)Cc1nc3cc(Br)ccc3c(=O)n1C2. The lowest BCUT2D eigenvalue weighted by Gasteiger charge is -2.36. The average Bonchev–Trinajstić information content (AvgIpc) is 2.81. The molecular weight excluding hydrogens is 330 g/mol. The number of nitrogens with zero attached hydrogens (tertiary/aromatic N) is 3. The normalized spacial score (nSPS) is 21.0. The summed E-state index contributed by atoms with van der Waals surface area (Å²) < 4.78 is 2.89. The summed E-state index contributed by atoms with van der Waals surface area (Å²) in [5, 5.41) is 0.729. The second-order valence-corrected chi connectivity index (χ2v) is 7.48. The number of hydrogen-bond donors (Lipinski definition) is 0. The molecule has 4 rings (SSSR count). The van der Waals surface area contributed by atoms with Gasteiger partial charge in [-0.25, -0.2) is 4.98 Å². The summed E-state index contributed by atoms with van der Waals surface area (Å²) in [6.07, 6.45) is 3.26. The highest BCUT2D eigenvalue weighted by atomic mass is 79.9. The summed E-state index contributed by atoms with van der Waals surface area (Å²) in [5.74, 6) is 0.968. The summed E-state index contributed by atoms with van der Waals surface area (Å²) in [6.45, 7) is 3.08. The first-order valence-electron chi connectivity index (χ1n) is 7.44. The van der Waals surface area contributed by atoms with Gasteiger partial charge >= 0.3 is 0 Å². The zero-order valence-electron chi connectivity index (χ0n) is 12.1. The summed E-state index contributed by atoms with van der Waals surface area (Å²) in [5.41, 5.74) is 1.18. The van der Waals surface area contributed by atoms with E-state index >= 15 is 0 Å². The molecule has 21 heavy (non-hydrogen) atoms. The largest absolute Gasteiger partial charge is 0.306 e. The number of rotatable bonds is 0. The standard InChI is InChI=1S/C16H18BrN3O/c1-19-6-4-16(5-7-19)9-14-18-13-8-11(17)2-3-12(13)15(21)20(14)10-16/h2-3,8H,4-7,9-10H2,1H3. The van der Waals surface area contributed by atoms with Gasteiger partial charge in [0.25, 0.3) is 5.56 Å². The molecule has 1 saturated heterocycles. The number of aromatic nitrogens is 2. The highest BCUT2D eigenvalue weighted by Crippen LogP contribution is 2.40. The molecule has 0 atom stereocenters. The maximum Gasteiger partial charge on any atom is 0.261 e. The van der Waals surface area contributed by atoms with Gasteiger partial charge in [0, 0.05) is 17.4 Å². The fourth-order valence-corrected chi connectivity index (χ4v) is 4.04. The molecule has 2 aliphatic rings. The molecular formula is C16H18BrN3O. The third kappa shape index (κ3) is 2.14. The predicted octanol–water partition coefficient (Wildman–Crippen LogP) is 2.43. The highest BCUT2D eigenvalue weighted by Gasteiger charge is 2.40. The van der Waals surface area contributed by atoms with Gasteiger partial charge in [-0.3, -0.25) is 9.36 Å². The average molecular weight is 348 g/mol. The van der Waals surface area contributed by atoms with Crippen LogP contribution < -0.4 is 5.56 Å². The van der Waals surface area contributed by atoms with Crippen molar-refractivity contribution in [2.45, 2.75) is 25.8 Å². The van der Waals surface area contributed by atoms with Crippen LogP contribution in [0.2, 0.25) is 0 Å². The Balaban J connectivity index is 1.80. The molecule has 0 aliphatic carbocycles. The summed E-state index contributed by atoms with van der Waals surface area (Å²) >= 11 is 3.46. The van der Waals surface area contributed by atoms with E-state index in [-0.39, 0.29) is 11.0 Å². The second-order valence-electron chi connectivity index (χ2n) is 6.56. The third-order valence-corrected chi connectivity index (χ3v) is 5.56. The molecule has 0 bridgehead atoms. The fraction of sp³-hybridized carbons (Fsp3) is 0.500. The van der Waals surface area contributed by atoms with Crippen molar-refractivity contribution in [1.82, 2.24) is 14.5 Å². The quantitative estimate of drug-likeness (QED) is 0.734. The van der Waals surface area contributed by atoms with Crippen molar-refractivity contribution >= 4 is 26.8 Å². The Bertz CT molecular complexity index is 775. The molecule has 1 fully saturated rings. The van der Waals surface area contributed by atoms with Gasteiger partial charge in [0.15, 0.2) is 0 Å². The zero-order valence-corrected chi connectivity index (χ0v) is 13.7. The van der Waals surface area contributed by atoms with Gasteiger partial charge in [0.2, 0.25) is 0 Å². The van der Waals surface area contributed by atoms with Crippen molar-refractivity contribution in [1.29, 1.82) is 0 Å². The number of halogens is 1. The van der Waals surface area contributed by atoms with Gasteiger partial charge in [-0.1, -0.05) is 15.9 Å². The van der Waals surface area contributed by atoms with Crippen LogP contribution in [0, 0.1) is 5.41 Å². The third-order valence-electron chi connectivity index (χ3n) is 5.07. The van der Waals surface area contributed by atoms with Gasteiger partial charge in [0.05, 0.1) is 10.9 Å². The number of fused-ring (bicyclic) bond motifs is 2. The van der Waals surface area contributed by atoms with E-state index in [0.29, 0.717) is 0 Å². The van der Waals surface area contributed by atoms with Crippen molar-refractivity contribution < 1.29 is 0 Å². The van der Waals surface area contributed by atoms with Crippen LogP contribution in [-0.4, -0.2) is 34.6 Å². The number of benzene rings is 1. The Hall–Kier alpha value is -1.20. The molecule has 110 valence electrons. The lowest BCUT2D eigenvalue weighted by Crippen LogP contribution is -2.39. The smallest absolute Gasteiger partial charge is 0.261 e. The van der Waals surface area contributed by atoms with E-state index in [1.807, 2.05) is 22.8 Å². The minimum absolute atomic E-state index is 0.123. The molecule has 2 aromatic rings. The van der Waals surface area contributed by atoms with Gasteiger partial charge in [-0.2, -0.15) is 0 Å². The van der Waals surface area contributed by atoms with Gasteiger partial charge in [-0.05, 0) is 56.6 Å². The second kappa shape index (κ2) is 4.65. The molecule has 3 heterocycles. The molecule has 0 unspecified atom stereocenters. The molecule has 2 aliphatic heterocycles. The van der Waals surface area contributed by atoms with Crippen LogP contribution in [0.1, 0.15) is 18.7 Å². The van der Waals surface area contributed by atoms with E-state index in [4.69, 9.17) is 4.98 Å². The lowest BCUT2D eigenvalue weighted by molar-refractivity contribution is 0.121. The summed E-state index contributed by atoms with van der Waals surface area (Å²) in [4.78, 5) is 19.9. The molecule has 1 spiro atoms. The van der Waals surface area contributed by atoms with E-state index in [1.54, 1.807) is 0 Å². The van der Waals surface area contributed by atoms with E-state index < -0.39 is 0 Å². The first-order chi connectivity index (χ1) is 10.1. The maximum absolute atomic E-state index is 12.7. The molecule has 0 N–H and O–H groups in total. The molecule has 0 radical (unpaired) electrons. The monoisotopic (exact) mass is 347 g/mol. The first-order valence-corrected chi connectivity index (χ1v) is 8.23. The summed E-state index contributed by atoms with van der Waals surface area (Å²) in [6, 6.07) is 5.73. The number of piperidine rings is 1. The Labute approximate surface area is 131 Å². The van der Waals surface area contributed by atoms with Crippen molar-refractivity contribution in [3.63, 3.8) is 0 Å². The fourth-order valence-electron chi connectivity index (χ4n) is 3.69. The van der Waals surface area contributed by atoms with Crippen LogP contribution in [0.3, 0.4) is 0 Å². The van der Waals surface area contributed by atoms with Crippen molar-refractivity contribution in [2.24, 2.45) is 5.41 Å². The van der Waals surface area contributed by atoms with Crippen molar-refractivity contribution in [3.05, 3.63) is 38.9 Å². The molecule has 1 aromatic carbocycles. The molecule has 1 aromatic heterocycles. The Kier molecular flexibility index (Phi) is 2.98. The lowest BCUT2D eigenvalue weighted by atomic mass is 9.77. The minimum Gasteiger partial charge on any atom is -0.306 e. The van der Waals surface area contributed by atoms with E-state index in [1.165, 1.54) is 0 Å². The van der Waals surface area contributed by atoms with E-state index in [2.05, 4.69) is 27.9 Å². The predicted molar refractivity (Wildman–Crippen MR) is 86.6 cm³/mol. The van der Waals surface area contributed by atoms with Crippen molar-refractivity contribution in [2.75, 3.05) is 20.1 Å². The van der Waals surface area contributed by atoms with Crippen LogP contribution >= 0.6 is 15.9 Å². The topological polar surface area (TPSA) is 38.1 Å². The van der Waals surface area contributed by atoms with Crippen LogP contribution in [-0.2, 0) is 13.0 Å². The van der Waals surface area contributed by atoms with Crippen LogP contribution in [0.25, 0.3) is 10.9 Å². The highest BCUT2D eigenvalue weighted by molar-refractivity contribution is 9.10. The van der Waals surface area contributed by atoms with Crippen LogP contribution in [0.5, 0.6) is 0 Å². The Morgan fingerprint density at radius 1 is 1.29 bits per heavy atom. The Morgan fingerprint density at radius 2 is 2.05 bits per heavy atom. The van der Waals surface area contributed by atoms with Gasteiger partial charge in [0.1, 0.15) is 5.82 Å². The first kappa shape index (κ1) is 13.5. The van der Waals surface area contributed by atoms with Crippen LogP contribution in [0.15, 0.2) is 27.5 Å². The van der Waals surface area contributed by atoms with Crippen molar-refractivity contribution in [3.8, 4) is 0 Å². The zero-order chi connectivity index (χ0) is 14.6. The molecule has 0 saturated carbocycles. The van der Waals surface area contributed by atoms with Gasteiger partial charge in [-0.15, -0.1) is 0 Å². The maximum atomic E-state index is 12.7. The van der Waals surface area contributed by atoms with Gasteiger partial charge < -0.3 is 4.90 Å². The van der Waals surface area contributed by atoms with E-state index in [0.717, 1.165) is 60.1 Å². The summed E-state index contributed by atoms with van der Waals surface area (Å²) in [7, 11) is 2.17. The van der Waals surface area contributed by atoms with Crippen LogP contribution in [0.4, 0.5) is 0 Å². The number of hydrogen-bond acceptors (Lipinski definition) is 3. The molecule has 0 amide bonds. The number of likely N-dealkylation sites (tertiary alicyclic amines) is 1. The molecule has 5 heteroatoms.